The van der Waals surface area contributed by atoms with Gasteiger partial charge in [0.1, 0.15) is 6.04 Å². The highest BCUT2D eigenvalue weighted by molar-refractivity contribution is 7.98. The topological polar surface area (TPSA) is 84.5 Å². The molecule has 0 unspecified atom stereocenters. The van der Waals surface area contributed by atoms with Crippen LogP contribution in [0.25, 0.3) is 0 Å². The largest absolute Gasteiger partial charge is 0.454 e. The average molecular weight is 366 g/mol. The average Bonchev–Trinajstić information content (AvgIpc) is 2.61. The summed E-state index contributed by atoms with van der Waals surface area (Å²) in [5.41, 5.74) is 1.45. The van der Waals surface area contributed by atoms with E-state index in [0.717, 1.165) is 12.0 Å². The molecular weight excluding hydrogens is 340 g/mol. The number of hydrogen-bond acceptors (Lipinski definition) is 5. The molecule has 6 nitrogen and oxygen atoms in total. The summed E-state index contributed by atoms with van der Waals surface area (Å²) < 4.78 is 5.05. The Kier molecular flexibility index (Phi) is 9.69. The first kappa shape index (κ1) is 21.0. The predicted molar refractivity (Wildman–Crippen MR) is 99.7 cm³/mol. The second-order valence-corrected chi connectivity index (χ2v) is 6.62. The maximum atomic E-state index is 12.3. The molecule has 1 rings (SSSR count). The van der Waals surface area contributed by atoms with Gasteiger partial charge in [-0.25, -0.2) is 4.79 Å². The van der Waals surface area contributed by atoms with Crippen molar-refractivity contribution >= 4 is 29.5 Å². The van der Waals surface area contributed by atoms with Crippen molar-refractivity contribution < 1.29 is 19.1 Å². The second-order valence-electron chi connectivity index (χ2n) is 5.63. The van der Waals surface area contributed by atoms with Crippen LogP contribution in [0.4, 0.5) is 0 Å². The van der Waals surface area contributed by atoms with Gasteiger partial charge in [0.05, 0.1) is 0 Å². The quantitative estimate of drug-likeness (QED) is 0.618. The Labute approximate surface area is 153 Å². The summed E-state index contributed by atoms with van der Waals surface area (Å²) in [5, 5.41) is 5.34. The molecule has 0 fully saturated rings. The fourth-order valence-corrected chi connectivity index (χ4v) is 2.54. The van der Waals surface area contributed by atoms with Gasteiger partial charge in [0.2, 0.25) is 0 Å². The van der Waals surface area contributed by atoms with E-state index in [9.17, 15) is 14.4 Å². The first-order chi connectivity index (χ1) is 12.0. The number of benzene rings is 1. The molecular formula is C18H26N2O4S. The number of amides is 2. The molecule has 1 aromatic rings. The molecule has 0 saturated carbocycles. The van der Waals surface area contributed by atoms with Gasteiger partial charge in [0.15, 0.2) is 6.61 Å². The van der Waals surface area contributed by atoms with Gasteiger partial charge >= 0.3 is 5.97 Å². The van der Waals surface area contributed by atoms with Gasteiger partial charge in [-0.2, -0.15) is 11.8 Å². The summed E-state index contributed by atoms with van der Waals surface area (Å²) in [7, 11) is 0. The summed E-state index contributed by atoms with van der Waals surface area (Å²) in [5.74, 6) is -0.580. The van der Waals surface area contributed by atoms with Crippen LogP contribution < -0.4 is 10.6 Å². The molecule has 0 bridgehead atoms. The van der Waals surface area contributed by atoms with Gasteiger partial charge in [0, 0.05) is 12.1 Å². The smallest absolute Gasteiger partial charge is 0.329 e. The number of carbonyl (C=O) groups excluding carboxylic acids is 3. The number of nitrogens with one attached hydrogen (secondary N) is 2. The Bertz CT molecular complexity index is 592. The van der Waals surface area contributed by atoms with Gasteiger partial charge in [-0.3, -0.25) is 9.59 Å². The molecule has 0 aliphatic heterocycles. The van der Waals surface area contributed by atoms with Crippen LogP contribution in [0.5, 0.6) is 0 Å². The number of hydrogen-bond donors (Lipinski definition) is 2. The van der Waals surface area contributed by atoms with Crippen molar-refractivity contribution in [2.45, 2.75) is 32.7 Å². The van der Waals surface area contributed by atoms with E-state index in [1.165, 1.54) is 0 Å². The van der Waals surface area contributed by atoms with Gasteiger partial charge < -0.3 is 15.4 Å². The highest BCUT2D eigenvalue weighted by atomic mass is 32.2. The number of esters is 1. The highest BCUT2D eigenvalue weighted by Gasteiger charge is 2.23. The van der Waals surface area contributed by atoms with Crippen LogP contribution >= 0.6 is 11.8 Å². The molecule has 0 aliphatic rings. The van der Waals surface area contributed by atoms with E-state index < -0.39 is 12.0 Å². The molecule has 0 radical (unpaired) electrons. The fraction of sp³-hybridized carbons (Fsp3) is 0.500. The standard InChI is InChI=1S/C18H26N2O4S/c1-4-9-19-16(21)12-24-18(23)15(8-10-25-3)20-17(22)14-7-5-6-13(2)11-14/h5-7,11,15H,4,8-10,12H2,1-3H3,(H,19,21)(H,20,22)/t15-/m0/s1. The normalized spacial score (nSPS) is 11.5. The Morgan fingerprint density at radius 1 is 1.28 bits per heavy atom. The summed E-state index contributed by atoms with van der Waals surface area (Å²) in [4.78, 5) is 36.1. The van der Waals surface area contributed by atoms with Crippen molar-refractivity contribution in [1.82, 2.24) is 10.6 Å². The summed E-state index contributed by atoms with van der Waals surface area (Å²) in [6.45, 7) is 4.03. The lowest BCUT2D eigenvalue weighted by atomic mass is 10.1. The van der Waals surface area contributed by atoms with Crippen molar-refractivity contribution in [1.29, 1.82) is 0 Å². The Balaban J connectivity index is 2.64. The first-order valence-electron chi connectivity index (χ1n) is 8.27. The summed E-state index contributed by atoms with van der Waals surface area (Å²) in [6, 6.07) is 6.35. The molecule has 0 spiro atoms. The van der Waals surface area contributed by atoms with Crippen LogP contribution in [0.3, 0.4) is 0 Å². The molecule has 0 heterocycles. The molecule has 0 aliphatic carbocycles. The van der Waals surface area contributed by atoms with E-state index in [-0.39, 0.29) is 18.4 Å². The number of aryl methyl sites for hydroxylation is 1. The van der Waals surface area contributed by atoms with E-state index in [1.54, 1.807) is 30.0 Å². The van der Waals surface area contributed by atoms with Gasteiger partial charge in [-0.1, -0.05) is 24.6 Å². The number of rotatable bonds is 10. The van der Waals surface area contributed by atoms with Crippen LogP contribution in [-0.2, 0) is 14.3 Å². The van der Waals surface area contributed by atoms with Crippen molar-refractivity contribution in [3.05, 3.63) is 35.4 Å². The molecule has 1 atom stereocenters. The van der Waals surface area contributed by atoms with Gasteiger partial charge in [0.25, 0.3) is 11.8 Å². The van der Waals surface area contributed by atoms with Gasteiger partial charge in [-0.15, -0.1) is 0 Å². The van der Waals surface area contributed by atoms with Gasteiger partial charge in [-0.05, 0) is 43.9 Å². The van der Waals surface area contributed by atoms with E-state index in [4.69, 9.17) is 4.74 Å². The van der Waals surface area contributed by atoms with Crippen LogP contribution in [0.1, 0.15) is 35.7 Å². The highest BCUT2D eigenvalue weighted by Crippen LogP contribution is 2.07. The SMILES string of the molecule is CCCNC(=O)COC(=O)[C@H](CCSC)NC(=O)c1cccc(C)c1. The number of carbonyl (C=O) groups is 3. The predicted octanol–water partition coefficient (Wildman–Crippen LogP) is 1.92. The first-order valence-corrected chi connectivity index (χ1v) is 9.67. The fourth-order valence-electron chi connectivity index (χ4n) is 2.07. The van der Waals surface area contributed by atoms with Crippen LogP contribution in [0.15, 0.2) is 24.3 Å². The van der Waals surface area contributed by atoms with Crippen molar-refractivity contribution in [3.63, 3.8) is 0 Å². The zero-order chi connectivity index (χ0) is 18.7. The third-order valence-electron chi connectivity index (χ3n) is 3.40. The van der Waals surface area contributed by atoms with E-state index in [0.29, 0.717) is 24.3 Å². The third-order valence-corrected chi connectivity index (χ3v) is 4.04. The summed E-state index contributed by atoms with van der Waals surface area (Å²) >= 11 is 1.57. The van der Waals surface area contributed by atoms with Crippen molar-refractivity contribution in [3.8, 4) is 0 Å². The number of thioether (sulfide) groups is 1. The molecule has 0 aromatic heterocycles. The van der Waals surface area contributed by atoms with Crippen LogP contribution in [0.2, 0.25) is 0 Å². The zero-order valence-corrected chi connectivity index (χ0v) is 15.8. The maximum Gasteiger partial charge on any atom is 0.329 e. The third kappa shape index (κ3) is 8.07. The minimum Gasteiger partial charge on any atom is -0.454 e. The Hall–Kier alpha value is -2.02. The van der Waals surface area contributed by atoms with Crippen molar-refractivity contribution in [2.24, 2.45) is 0 Å². The molecule has 1 aromatic carbocycles. The zero-order valence-electron chi connectivity index (χ0n) is 15.0. The lowest BCUT2D eigenvalue weighted by Gasteiger charge is -2.17. The van der Waals surface area contributed by atoms with E-state index >= 15 is 0 Å². The second kappa shape index (κ2) is 11.5. The lowest BCUT2D eigenvalue weighted by molar-refractivity contribution is -0.150. The van der Waals surface area contributed by atoms with Crippen LogP contribution in [0, 0.1) is 6.92 Å². The molecule has 2 N–H and O–H groups in total. The minimum absolute atomic E-state index is 0.331. The molecule has 138 valence electrons. The lowest BCUT2D eigenvalue weighted by Crippen LogP contribution is -2.43. The molecule has 7 heteroatoms. The minimum atomic E-state index is -0.778. The number of ether oxygens (including phenoxy) is 1. The maximum absolute atomic E-state index is 12.3. The monoisotopic (exact) mass is 366 g/mol. The Morgan fingerprint density at radius 2 is 2.04 bits per heavy atom. The van der Waals surface area contributed by atoms with Crippen molar-refractivity contribution in [2.75, 3.05) is 25.2 Å². The van der Waals surface area contributed by atoms with Crippen LogP contribution in [-0.4, -0.2) is 49.0 Å². The molecule has 2 amide bonds. The van der Waals surface area contributed by atoms with E-state index in [2.05, 4.69) is 10.6 Å². The molecule has 25 heavy (non-hydrogen) atoms. The molecule has 0 saturated heterocycles. The van der Waals surface area contributed by atoms with E-state index in [1.807, 2.05) is 26.2 Å². The Morgan fingerprint density at radius 3 is 2.68 bits per heavy atom. The summed E-state index contributed by atoms with van der Waals surface area (Å²) in [6.07, 6.45) is 3.17.